The molecule has 1 saturated heterocycles. The zero-order chi connectivity index (χ0) is 18.6. The maximum absolute atomic E-state index is 5.27. The molecule has 2 aromatic heterocycles. The summed E-state index contributed by atoms with van der Waals surface area (Å²) in [6.45, 7) is 2.08. The Hall–Kier alpha value is -2.66. The lowest BCUT2D eigenvalue weighted by molar-refractivity contribution is 0.140. The van der Waals surface area contributed by atoms with E-state index in [0.29, 0.717) is 6.04 Å². The average molecular weight is 362 g/mol. The number of pyridine rings is 1. The molecular formula is C22H26N4O. The molecule has 3 heterocycles. The number of nitrogens with zero attached hydrogens (tertiary/aromatic N) is 4. The van der Waals surface area contributed by atoms with Crippen molar-refractivity contribution in [3.63, 3.8) is 0 Å². The highest BCUT2D eigenvalue weighted by molar-refractivity contribution is 5.56. The Balaban J connectivity index is 1.51. The Kier molecular flexibility index (Phi) is 5.21. The number of ether oxygens (including phenoxy) is 1. The van der Waals surface area contributed by atoms with Gasteiger partial charge in [0.1, 0.15) is 5.75 Å². The van der Waals surface area contributed by atoms with Crippen molar-refractivity contribution in [2.75, 3.05) is 13.7 Å². The second kappa shape index (κ2) is 7.92. The molecule has 1 aliphatic heterocycles. The van der Waals surface area contributed by atoms with Gasteiger partial charge in [0.25, 0.3) is 0 Å². The van der Waals surface area contributed by atoms with Crippen LogP contribution in [-0.4, -0.2) is 33.3 Å². The average Bonchev–Trinajstić information content (AvgIpc) is 3.15. The van der Waals surface area contributed by atoms with Crippen molar-refractivity contribution < 1.29 is 4.74 Å². The smallest absolute Gasteiger partial charge is 0.118 e. The van der Waals surface area contributed by atoms with E-state index in [2.05, 4.69) is 34.3 Å². The van der Waals surface area contributed by atoms with Crippen LogP contribution in [0, 0.1) is 0 Å². The summed E-state index contributed by atoms with van der Waals surface area (Å²) in [5, 5.41) is 4.24. The number of likely N-dealkylation sites (tertiary alicyclic amines) is 1. The number of hydrogen-bond acceptors (Lipinski definition) is 4. The maximum Gasteiger partial charge on any atom is 0.118 e. The molecule has 0 amide bonds. The minimum atomic E-state index is 0.427. The summed E-state index contributed by atoms with van der Waals surface area (Å²) in [5.74, 6) is 0.907. The molecule has 1 atom stereocenters. The third kappa shape index (κ3) is 4.03. The van der Waals surface area contributed by atoms with E-state index >= 15 is 0 Å². The van der Waals surface area contributed by atoms with Gasteiger partial charge in [-0.2, -0.15) is 5.10 Å². The number of rotatable bonds is 5. The van der Waals surface area contributed by atoms with Crippen LogP contribution in [-0.2, 0) is 13.6 Å². The molecule has 140 valence electrons. The molecule has 0 N–H and O–H groups in total. The zero-order valence-electron chi connectivity index (χ0n) is 16.0. The minimum absolute atomic E-state index is 0.427. The Bertz CT molecular complexity index is 870. The van der Waals surface area contributed by atoms with E-state index in [-0.39, 0.29) is 0 Å². The van der Waals surface area contributed by atoms with Crippen molar-refractivity contribution in [1.29, 1.82) is 0 Å². The van der Waals surface area contributed by atoms with Crippen LogP contribution in [0.15, 0.2) is 55.0 Å². The number of methoxy groups -OCH3 is 1. The maximum atomic E-state index is 5.27. The molecule has 1 fully saturated rings. The molecule has 3 aromatic rings. The summed E-state index contributed by atoms with van der Waals surface area (Å²) in [7, 11) is 3.63. The molecule has 0 aliphatic carbocycles. The lowest BCUT2D eigenvalue weighted by Gasteiger charge is -2.36. The monoisotopic (exact) mass is 362 g/mol. The van der Waals surface area contributed by atoms with E-state index in [4.69, 9.17) is 9.72 Å². The Morgan fingerprint density at radius 2 is 1.93 bits per heavy atom. The third-order valence-corrected chi connectivity index (χ3v) is 5.33. The summed E-state index contributed by atoms with van der Waals surface area (Å²) in [5.41, 5.74) is 4.66. The van der Waals surface area contributed by atoms with Gasteiger partial charge >= 0.3 is 0 Å². The lowest BCUT2D eigenvalue weighted by Crippen LogP contribution is -2.33. The van der Waals surface area contributed by atoms with Gasteiger partial charge in [-0.25, -0.2) is 0 Å². The molecule has 1 aromatic carbocycles. The van der Waals surface area contributed by atoms with Gasteiger partial charge in [-0.15, -0.1) is 0 Å². The molecule has 0 bridgehead atoms. The van der Waals surface area contributed by atoms with Crippen molar-refractivity contribution in [2.24, 2.45) is 7.05 Å². The quantitative estimate of drug-likeness (QED) is 0.682. The molecule has 4 rings (SSSR count). The molecule has 1 aliphatic rings. The largest absolute Gasteiger partial charge is 0.497 e. The van der Waals surface area contributed by atoms with E-state index in [9.17, 15) is 0 Å². The predicted octanol–water partition coefficient (Wildman–Crippen LogP) is 4.22. The SMILES string of the molecule is COc1ccc(CN2CCCCC2c2ccc(-c3cnn(C)c3)nc2)cc1. The topological polar surface area (TPSA) is 43.2 Å². The summed E-state index contributed by atoms with van der Waals surface area (Å²) in [4.78, 5) is 7.28. The number of aryl methyl sites for hydroxylation is 1. The normalized spacial score (nSPS) is 17.8. The van der Waals surface area contributed by atoms with Crippen LogP contribution >= 0.6 is 0 Å². The van der Waals surface area contributed by atoms with E-state index in [1.54, 1.807) is 7.11 Å². The third-order valence-electron chi connectivity index (χ3n) is 5.33. The second-order valence-electron chi connectivity index (χ2n) is 7.21. The predicted molar refractivity (Wildman–Crippen MR) is 106 cm³/mol. The van der Waals surface area contributed by atoms with E-state index in [1.165, 1.54) is 30.4 Å². The van der Waals surface area contributed by atoms with Crippen molar-refractivity contribution in [1.82, 2.24) is 19.7 Å². The first-order chi connectivity index (χ1) is 13.2. The van der Waals surface area contributed by atoms with Crippen LogP contribution in [0.4, 0.5) is 0 Å². The highest BCUT2D eigenvalue weighted by Crippen LogP contribution is 2.32. The van der Waals surface area contributed by atoms with Gasteiger partial charge in [-0.3, -0.25) is 14.6 Å². The van der Waals surface area contributed by atoms with Crippen molar-refractivity contribution in [3.8, 4) is 17.0 Å². The molecule has 5 nitrogen and oxygen atoms in total. The summed E-state index contributed by atoms with van der Waals surface area (Å²) >= 11 is 0. The molecule has 1 unspecified atom stereocenters. The number of benzene rings is 1. The zero-order valence-corrected chi connectivity index (χ0v) is 16.0. The van der Waals surface area contributed by atoms with E-state index in [1.807, 2.05) is 42.5 Å². The van der Waals surface area contributed by atoms with Crippen LogP contribution in [0.2, 0.25) is 0 Å². The number of piperidine rings is 1. The van der Waals surface area contributed by atoms with Gasteiger partial charge in [0.05, 0.1) is 19.0 Å². The first-order valence-electron chi connectivity index (χ1n) is 9.55. The molecule has 27 heavy (non-hydrogen) atoms. The standard InChI is InChI=1S/C22H26N4O/c1-25-16-19(14-24-25)21-11-8-18(13-23-21)22-5-3-4-12-26(22)15-17-6-9-20(27-2)10-7-17/h6-11,13-14,16,22H,3-5,12,15H2,1-2H3. The summed E-state index contributed by atoms with van der Waals surface area (Å²) < 4.78 is 7.08. The first kappa shape index (κ1) is 17.7. The van der Waals surface area contributed by atoms with Crippen LogP contribution in [0.25, 0.3) is 11.3 Å². The van der Waals surface area contributed by atoms with Crippen LogP contribution in [0.1, 0.15) is 36.4 Å². The van der Waals surface area contributed by atoms with Crippen LogP contribution in [0.5, 0.6) is 5.75 Å². The van der Waals surface area contributed by atoms with Crippen molar-refractivity contribution in [3.05, 3.63) is 66.1 Å². The van der Waals surface area contributed by atoms with Gasteiger partial charge in [0, 0.05) is 37.6 Å². The number of aromatic nitrogens is 3. The Labute approximate surface area is 160 Å². The van der Waals surface area contributed by atoms with Gasteiger partial charge in [0.15, 0.2) is 0 Å². The first-order valence-corrected chi connectivity index (χ1v) is 9.55. The second-order valence-corrected chi connectivity index (χ2v) is 7.21. The molecule has 5 heteroatoms. The van der Waals surface area contributed by atoms with Gasteiger partial charge in [-0.05, 0) is 48.7 Å². The van der Waals surface area contributed by atoms with Gasteiger partial charge < -0.3 is 4.74 Å². The highest BCUT2D eigenvalue weighted by Gasteiger charge is 2.24. The Morgan fingerprint density at radius 3 is 2.59 bits per heavy atom. The fourth-order valence-electron chi connectivity index (χ4n) is 3.85. The van der Waals surface area contributed by atoms with Gasteiger partial charge in [0.2, 0.25) is 0 Å². The Morgan fingerprint density at radius 1 is 1.07 bits per heavy atom. The highest BCUT2D eigenvalue weighted by atomic mass is 16.5. The fourth-order valence-corrected chi connectivity index (χ4v) is 3.85. The van der Waals surface area contributed by atoms with Gasteiger partial charge in [-0.1, -0.05) is 24.6 Å². The van der Waals surface area contributed by atoms with E-state index < -0.39 is 0 Å². The lowest BCUT2D eigenvalue weighted by atomic mass is 9.95. The van der Waals surface area contributed by atoms with Crippen molar-refractivity contribution >= 4 is 0 Å². The number of hydrogen-bond donors (Lipinski definition) is 0. The minimum Gasteiger partial charge on any atom is -0.497 e. The van der Waals surface area contributed by atoms with E-state index in [0.717, 1.165) is 30.1 Å². The van der Waals surface area contributed by atoms with Crippen LogP contribution in [0.3, 0.4) is 0 Å². The molecule has 0 radical (unpaired) electrons. The van der Waals surface area contributed by atoms with Crippen molar-refractivity contribution in [2.45, 2.75) is 31.8 Å². The van der Waals surface area contributed by atoms with Crippen LogP contribution < -0.4 is 4.74 Å². The summed E-state index contributed by atoms with van der Waals surface area (Å²) in [6, 6.07) is 13.2. The molecular weight excluding hydrogens is 336 g/mol. The summed E-state index contributed by atoms with van der Waals surface area (Å²) in [6.07, 6.45) is 9.61. The fraction of sp³-hybridized carbons (Fsp3) is 0.364. The molecule has 0 saturated carbocycles. The molecule has 0 spiro atoms.